The lowest BCUT2D eigenvalue weighted by atomic mass is 9.92. The molecule has 1 rings (SSSR count). The van der Waals surface area contributed by atoms with Crippen molar-refractivity contribution < 1.29 is 0 Å². The molecule has 0 aromatic heterocycles. The van der Waals surface area contributed by atoms with Crippen LogP contribution in [0.4, 0.5) is 0 Å². The van der Waals surface area contributed by atoms with Crippen LogP contribution in [0.5, 0.6) is 0 Å². The third-order valence-electron chi connectivity index (χ3n) is 4.52. The monoisotopic (exact) mass is 253 g/mol. The number of nitrogens with one attached hydrogen (secondary N) is 1. The lowest BCUT2D eigenvalue weighted by Gasteiger charge is -2.20. The average molecular weight is 253 g/mol. The maximum atomic E-state index is 3.77. The van der Waals surface area contributed by atoms with Crippen molar-refractivity contribution in [2.45, 2.75) is 91.0 Å². The first-order chi connectivity index (χ1) is 8.81. The van der Waals surface area contributed by atoms with Crippen molar-refractivity contribution in [2.24, 2.45) is 11.8 Å². The Labute approximate surface area is 115 Å². The first-order valence-corrected chi connectivity index (χ1v) is 8.55. The van der Waals surface area contributed by atoms with Crippen LogP contribution in [-0.4, -0.2) is 12.6 Å². The SMILES string of the molecule is CCCCC(CC)CCCC(NCCC)C1CC1. The van der Waals surface area contributed by atoms with E-state index in [9.17, 15) is 0 Å². The van der Waals surface area contributed by atoms with Gasteiger partial charge in [0.15, 0.2) is 0 Å². The van der Waals surface area contributed by atoms with Gasteiger partial charge in [-0.15, -0.1) is 0 Å². The Morgan fingerprint density at radius 2 is 1.67 bits per heavy atom. The Morgan fingerprint density at radius 3 is 2.22 bits per heavy atom. The summed E-state index contributed by atoms with van der Waals surface area (Å²) in [4.78, 5) is 0. The van der Waals surface area contributed by atoms with Gasteiger partial charge in [0.25, 0.3) is 0 Å². The van der Waals surface area contributed by atoms with Gasteiger partial charge in [0.1, 0.15) is 0 Å². The molecule has 0 aliphatic heterocycles. The maximum Gasteiger partial charge on any atom is 0.00953 e. The van der Waals surface area contributed by atoms with Crippen LogP contribution >= 0.6 is 0 Å². The molecule has 108 valence electrons. The van der Waals surface area contributed by atoms with E-state index in [0.717, 1.165) is 17.9 Å². The zero-order valence-corrected chi connectivity index (χ0v) is 13.0. The van der Waals surface area contributed by atoms with Gasteiger partial charge in [0.05, 0.1) is 0 Å². The van der Waals surface area contributed by atoms with E-state index >= 15 is 0 Å². The maximum absolute atomic E-state index is 3.77. The topological polar surface area (TPSA) is 12.0 Å². The second-order valence-electron chi connectivity index (χ2n) is 6.25. The van der Waals surface area contributed by atoms with E-state index in [4.69, 9.17) is 0 Å². The summed E-state index contributed by atoms with van der Waals surface area (Å²) < 4.78 is 0. The van der Waals surface area contributed by atoms with Crippen molar-refractivity contribution >= 4 is 0 Å². The van der Waals surface area contributed by atoms with Gasteiger partial charge < -0.3 is 5.32 Å². The molecule has 1 saturated carbocycles. The highest BCUT2D eigenvalue weighted by Gasteiger charge is 2.30. The zero-order chi connectivity index (χ0) is 13.2. The van der Waals surface area contributed by atoms with Crippen LogP contribution in [0.1, 0.15) is 85.0 Å². The quantitative estimate of drug-likeness (QED) is 0.507. The van der Waals surface area contributed by atoms with E-state index in [0.29, 0.717) is 0 Å². The minimum Gasteiger partial charge on any atom is -0.314 e. The summed E-state index contributed by atoms with van der Waals surface area (Å²) in [7, 11) is 0. The Balaban J connectivity index is 2.12. The molecule has 1 aliphatic rings. The number of rotatable bonds is 12. The summed E-state index contributed by atoms with van der Waals surface area (Å²) in [5.74, 6) is 2.02. The summed E-state index contributed by atoms with van der Waals surface area (Å²) in [6.07, 6.45) is 14.2. The second kappa shape index (κ2) is 9.83. The normalized spacial score (nSPS) is 18.8. The minimum atomic E-state index is 0.841. The molecule has 0 spiro atoms. The first kappa shape index (κ1) is 16.0. The molecule has 18 heavy (non-hydrogen) atoms. The zero-order valence-electron chi connectivity index (χ0n) is 13.0. The highest BCUT2D eigenvalue weighted by molar-refractivity contribution is 4.86. The molecule has 0 heterocycles. The van der Waals surface area contributed by atoms with Crippen molar-refractivity contribution in [3.63, 3.8) is 0 Å². The highest BCUT2D eigenvalue weighted by Crippen LogP contribution is 2.35. The summed E-state index contributed by atoms with van der Waals surface area (Å²) in [5.41, 5.74) is 0. The van der Waals surface area contributed by atoms with Crippen LogP contribution in [0.3, 0.4) is 0 Å². The van der Waals surface area contributed by atoms with Crippen molar-refractivity contribution in [3.05, 3.63) is 0 Å². The highest BCUT2D eigenvalue weighted by atomic mass is 14.9. The molecule has 2 atom stereocenters. The van der Waals surface area contributed by atoms with Crippen LogP contribution in [0.15, 0.2) is 0 Å². The van der Waals surface area contributed by atoms with Crippen molar-refractivity contribution in [1.29, 1.82) is 0 Å². The molecule has 1 N–H and O–H groups in total. The van der Waals surface area contributed by atoms with E-state index in [1.54, 1.807) is 0 Å². The van der Waals surface area contributed by atoms with Crippen molar-refractivity contribution in [2.75, 3.05) is 6.54 Å². The summed E-state index contributed by atoms with van der Waals surface area (Å²) in [6.45, 7) is 8.17. The molecule has 0 aromatic rings. The average Bonchev–Trinajstić information content (AvgIpc) is 3.21. The number of hydrogen-bond donors (Lipinski definition) is 1. The molecule has 0 amide bonds. The van der Waals surface area contributed by atoms with E-state index in [2.05, 4.69) is 26.1 Å². The Morgan fingerprint density at radius 1 is 0.944 bits per heavy atom. The third-order valence-corrected chi connectivity index (χ3v) is 4.52. The van der Waals surface area contributed by atoms with E-state index in [-0.39, 0.29) is 0 Å². The van der Waals surface area contributed by atoms with Crippen LogP contribution in [0.2, 0.25) is 0 Å². The van der Waals surface area contributed by atoms with Crippen molar-refractivity contribution in [1.82, 2.24) is 5.32 Å². The molecule has 2 unspecified atom stereocenters. The summed E-state index contributed by atoms with van der Waals surface area (Å²) in [5, 5.41) is 3.77. The van der Waals surface area contributed by atoms with E-state index < -0.39 is 0 Å². The second-order valence-corrected chi connectivity index (χ2v) is 6.25. The molecule has 1 heteroatoms. The Hall–Kier alpha value is -0.0400. The summed E-state index contributed by atoms with van der Waals surface area (Å²) >= 11 is 0. The fraction of sp³-hybridized carbons (Fsp3) is 1.00. The molecule has 0 bridgehead atoms. The van der Waals surface area contributed by atoms with E-state index in [1.165, 1.54) is 70.8 Å². The van der Waals surface area contributed by atoms with Gasteiger partial charge >= 0.3 is 0 Å². The largest absolute Gasteiger partial charge is 0.314 e. The molecule has 1 fully saturated rings. The smallest absolute Gasteiger partial charge is 0.00953 e. The van der Waals surface area contributed by atoms with Gasteiger partial charge in [-0.3, -0.25) is 0 Å². The minimum absolute atomic E-state index is 0.841. The predicted octanol–water partition coefficient (Wildman–Crippen LogP) is 5.15. The summed E-state index contributed by atoms with van der Waals surface area (Å²) in [6, 6.07) is 0.841. The molecule has 1 nitrogen and oxygen atoms in total. The molecule has 0 aromatic carbocycles. The van der Waals surface area contributed by atoms with Gasteiger partial charge in [-0.25, -0.2) is 0 Å². The molecular weight excluding hydrogens is 218 g/mol. The lowest BCUT2D eigenvalue weighted by Crippen LogP contribution is -2.31. The number of unbranched alkanes of at least 4 members (excludes halogenated alkanes) is 1. The molecule has 1 aliphatic carbocycles. The molecular formula is C17H35N. The molecule has 0 saturated heterocycles. The van der Waals surface area contributed by atoms with Crippen molar-refractivity contribution in [3.8, 4) is 0 Å². The van der Waals surface area contributed by atoms with Gasteiger partial charge in [0.2, 0.25) is 0 Å². The van der Waals surface area contributed by atoms with Gasteiger partial charge in [-0.1, -0.05) is 59.3 Å². The van der Waals surface area contributed by atoms with Crippen LogP contribution in [0.25, 0.3) is 0 Å². The predicted molar refractivity (Wildman–Crippen MR) is 82.0 cm³/mol. The van der Waals surface area contributed by atoms with Crippen LogP contribution in [0, 0.1) is 11.8 Å². The Bertz CT molecular complexity index is 186. The number of hydrogen-bond acceptors (Lipinski definition) is 1. The third kappa shape index (κ3) is 6.78. The molecule has 0 radical (unpaired) electrons. The standard InChI is InChI=1S/C17H35N/c1-4-7-9-15(6-3)10-8-11-17(16-12-13-16)18-14-5-2/h15-18H,4-14H2,1-3H3. The first-order valence-electron chi connectivity index (χ1n) is 8.55. The van der Waals surface area contributed by atoms with Crippen LogP contribution in [-0.2, 0) is 0 Å². The van der Waals surface area contributed by atoms with E-state index in [1.807, 2.05) is 0 Å². The van der Waals surface area contributed by atoms with Gasteiger partial charge in [-0.2, -0.15) is 0 Å². The van der Waals surface area contributed by atoms with Gasteiger partial charge in [-0.05, 0) is 44.1 Å². The fourth-order valence-electron chi connectivity index (χ4n) is 3.00. The fourth-order valence-corrected chi connectivity index (χ4v) is 3.00. The lowest BCUT2D eigenvalue weighted by molar-refractivity contribution is 0.365. The van der Waals surface area contributed by atoms with Crippen LogP contribution < -0.4 is 5.32 Å². The Kier molecular flexibility index (Phi) is 8.75. The van der Waals surface area contributed by atoms with Gasteiger partial charge in [0, 0.05) is 6.04 Å².